The molecule has 1 N–H and O–H groups in total. The van der Waals surface area contributed by atoms with Crippen molar-refractivity contribution in [3.05, 3.63) is 0 Å². The van der Waals surface area contributed by atoms with Gasteiger partial charge in [0.1, 0.15) is 0 Å². The van der Waals surface area contributed by atoms with Crippen molar-refractivity contribution in [1.82, 2.24) is 0 Å². The second-order valence-electron chi connectivity index (χ2n) is 6.18. The van der Waals surface area contributed by atoms with Crippen molar-refractivity contribution in [3.63, 3.8) is 0 Å². The van der Waals surface area contributed by atoms with Crippen LogP contribution in [-0.4, -0.2) is 10.9 Å². The van der Waals surface area contributed by atoms with E-state index in [1.807, 2.05) is 0 Å². The van der Waals surface area contributed by atoms with Crippen LogP contribution in [0, 0.1) is 22.7 Å². The van der Waals surface area contributed by atoms with Gasteiger partial charge < -0.3 is 5.21 Å². The molecule has 2 aliphatic rings. The Morgan fingerprint density at radius 1 is 1.40 bits per heavy atom. The maximum atomic E-state index is 9.06. The molecular formula is C13H23NO. The number of hydrogen-bond acceptors (Lipinski definition) is 2. The summed E-state index contributed by atoms with van der Waals surface area (Å²) in [6, 6.07) is 0. The molecule has 0 aliphatic heterocycles. The Morgan fingerprint density at radius 2 is 2.07 bits per heavy atom. The average Bonchev–Trinajstić information content (AvgIpc) is 2.50. The van der Waals surface area contributed by atoms with Crippen molar-refractivity contribution in [3.8, 4) is 0 Å². The van der Waals surface area contributed by atoms with E-state index in [4.69, 9.17) is 5.21 Å². The minimum atomic E-state index is 0.419. The summed E-state index contributed by atoms with van der Waals surface area (Å²) in [7, 11) is 0. The van der Waals surface area contributed by atoms with Gasteiger partial charge in [-0.1, -0.05) is 32.9 Å². The molecule has 3 atom stereocenters. The fraction of sp³-hybridized carbons (Fsp3) is 0.923. The predicted octanol–water partition coefficient (Wildman–Crippen LogP) is 3.69. The first kappa shape index (κ1) is 11.0. The number of rotatable bonds is 2. The lowest BCUT2D eigenvalue weighted by Crippen LogP contribution is -2.27. The number of nitrogens with zero attached hydrogens (tertiary/aromatic N) is 1. The Bertz CT molecular complexity index is 292. The first-order valence-corrected chi connectivity index (χ1v) is 6.17. The highest BCUT2D eigenvalue weighted by molar-refractivity contribution is 5.87. The van der Waals surface area contributed by atoms with Crippen molar-refractivity contribution >= 4 is 5.71 Å². The van der Waals surface area contributed by atoms with Crippen LogP contribution in [0.2, 0.25) is 0 Å². The van der Waals surface area contributed by atoms with Gasteiger partial charge >= 0.3 is 0 Å². The zero-order valence-electron chi connectivity index (χ0n) is 10.4. The minimum Gasteiger partial charge on any atom is -0.411 e. The molecular weight excluding hydrogens is 186 g/mol. The van der Waals surface area contributed by atoms with E-state index in [2.05, 4.69) is 32.9 Å². The van der Waals surface area contributed by atoms with Gasteiger partial charge in [-0.2, -0.15) is 0 Å². The van der Waals surface area contributed by atoms with E-state index in [1.54, 1.807) is 0 Å². The Balaban J connectivity index is 2.29. The van der Waals surface area contributed by atoms with E-state index < -0.39 is 0 Å². The van der Waals surface area contributed by atoms with Crippen LogP contribution in [0.25, 0.3) is 0 Å². The lowest BCUT2D eigenvalue weighted by atomic mass is 9.71. The number of hydrogen-bond donors (Lipinski definition) is 1. The van der Waals surface area contributed by atoms with Gasteiger partial charge in [0, 0.05) is 5.92 Å². The zero-order chi connectivity index (χ0) is 11.3. The van der Waals surface area contributed by atoms with Crippen LogP contribution in [0.4, 0.5) is 0 Å². The van der Waals surface area contributed by atoms with Gasteiger partial charge in [0.2, 0.25) is 0 Å². The van der Waals surface area contributed by atoms with Gasteiger partial charge in [0.05, 0.1) is 5.71 Å². The van der Waals surface area contributed by atoms with E-state index in [-0.39, 0.29) is 0 Å². The van der Waals surface area contributed by atoms with Crippen molar-refractivity contribution < 1.29 is 5.21 Å². The Labute approximate surface area is 92.8 Å². The molecule has 2 aliphatic carbocycles. The molecule has 0 unspecified atom stereocenters. The van der Waals surface area contributed by atoms with Crippen LogP contribution in [0.1, 0.15) is 53.4 Å². The molecule has 0 heterocycles. The van der Waals surface area contributed by atoms with E-state index >= 15 is 0 Å². The van der Waals surface area contributed by atoms with Gasteiger partial charge in [-0.15, -0.1) is 0 Å². The second-order valence-corrected chi connectivity index (χ2v) is 6.18. The largest absolute Gasteiger partial charge is 0.411 e. The first-order chi connectivity index (χ1) is 6.96. The topological polar surface area (TPSA) is 32.6 Å². The zero-order valence-corrected chi connectivity index (χ0v) is 10.4. The molecule has 0 radical (unpaired) electrons. The Morgan fingerprint density at radius 3 is 2.40 bits per heavy atom. The van der Waals surface area contributed by atoms with Crippen LogP contribution >= 0.6 is 0 Å². The highest BCUT2D eigenvalue weighted by atomic mass is 16.4. The predicted molar refractivity (Wildman–Crippen MR) is 62.2 cm³/mol. The van der Waals surface area contributed by atoms with Crippen molar-refractivity contribution in [2.75, 3.05) is 0 Å². The number of fused-ring (bicyclic) bond motifs is 2. The maximum Gasteiger partial charge on any atom is 0.0602 e. The van der Waals surface area contributed by atoms with Gasteiger partial charge in [0.25, 0.3) is 0 Å². The smallest absolute Gasteiger partial charge is 0.0602 e. The Kier molecular flexibility index (Phi) is 2.36. The molecule has 2 saturated carbocycles. The van der Waals surface area contributed by atoms with Crippen molar-refractivity contribution in [2.45, 2.75) is 53.4 Å². The molecule has 0 aromatic rings. The lowest BCUT2D eigenvalue weighted by Gasteiger charge is -2.34. The summed E-state index contributed by atoms with van der Waals surface area (Å²) in [4.78, 5) is 0. The average molecular weight is 209 g/mol. The summed E-state index contributed by atoms with van der Waals surface area (Å²) < 4.78 is 0. The van der Waals surface area contributed by atoms with Gasteiger partial charge in [-0.05, 0) is 42.4 Å². The summed E-state index contributed by atoms with van der Waals surface area (Å²) in [5.41, 5.74) is 1.91. The third kappa shape index (κ3) is 1.26. The van der Waals surface area contributed by atoms with E-state index in [9.17, 15) is 0 Å². The second kappa shape index (κ2) is 3.23. The molecule has 0 spiro atoms. The third-order valence-electron chi connectivity index (χ3n) is 5.56. The fourth-order valence-electron chi connectivity index (χ4n) is 4.06. The molecule has 2 rings (SSSR count). The van der Waals surface area contributed by atoms with Crippen LogP contribution < -0.4 is 0 Å². The summed E-state index contributed by atoms with van der Waals surface area (Å²) in [5.74, 6) is 1.27. The molecule has 2 nitrogen and oxygen atoms in total. The summed E-state index contributed by atoms with van der Waals surface area (Å²) >= 11 is 0. The molecule has 0 saturated heterocycles. The lowest BCUT2D eigenvalue weighted by molar-refractivity contribution is 0.152. The van der Waals surface area contributed by atoms with Crippen LogP contribution in [-0.2, 0) is 0 Å². The van der Waals surface area contributed by atoms with Gasteiger partial charge in [-0.3, -0.25) is 0 Å². The molecule has 0 amide bonds. The molecule has 2 bridgehead atoms. The maximum absolute atomic E-state index is 9.06. The summed E-state index contributed by atoms with van der Waals surface area (Å²) in [5, 5.41) is 12.6. The molecule has 0 aromatic carbocycles. The number of oxime groups is 1. The van der Waals surface area contributed by atoms with E-state index in [0.717, 1.165) is 18.1 Å². The Hall–Kier alpha value is -0.530. The quantitative estimate of drug-likeness (QED) is 0.420. The minimum absolute atomic E-state index is 0.419. The molecule has 0 aromatic heterocycles. The van der Waals surface area contributed by atoms with Crippen LogP contribution in [0.15, 0.2) is 5.16 Å². The highest BCUT2D eigenvalue weighted by Gasteiger charge is 2.61. The molecule has 2 fully saturated rings. The van der Waals surface area contributed by atoms with Gasteiger partial charge in [0.15, 0.2) is 0 Å². The first-order valence-electron chi connectivity index (χ1n) is 6.17. The summed E-state index contributed by atoms with van der Waals surface area (Å²) in [6.45, 7) is 9.30. The van der Waals surface area contributed by atoms with Crippen LogP contribution in [0.3, 0.4) is 0 Å². The summed E-state index contributed by atoms with van der Waals surface area (Å²) in [6.07, 6.45) is 4.78. The molecule has 86 valence electrons. The van der Waals surface area contributed by atoms with Crippen molar-refractivity contribution in [2.24, 2.45) is 27.8 Å². The standard InChI is InChI=1S/C13H23NO/c1-5-11(14-15)9-8-13(4)7-6-10(9)12(13,2)3/h9-10,15H,5-8H2,1-4H3/b14-11-/t9-,10-,13-/m0/s1. The van der Waals surface area contributed by atoms with Crippen LogP contribution in [0.5, 0.6) is 0 Å². The normalized spacial score (nSPS) is 43.6. The molecule has 2 heteroatoms. The van der Waals surface area contributed by atoms with Gasteiger partial charge in [-0.25, -0.2) is 0 Å². The molecule has 15 heavy (non-hydrogen) atoms. The SMILES string of the molecule is CC/C(=N/O)[C@H]1C[C@]2(C)CC[C@@H]1C2(C)C. The fourth-order valence-corrected chi connectivity index (χ4v) is 4.06. The van der Waals surface area contributed by atoms with Crippen molar-refractivity contribution in [1.29, 1.82) is 0 Å². The third-order valence-corrected chi connectivity index (χ3v) is 5.56. The van der Waals surface area contributed by atoms with E-state index in [1.165, 1.54) is 19.3 Å². The van der Waals surface area contributed by atoms with E-state index in [0.29, 0.717) is 16.7 Å². The highest BCUT2D eigenvalue weighted by Crippen LogP contribution is 2.67. The monoisotopic (exact) mass is 209 g/mol.